The van der Waals surface area contributed by atoms with E-state index in [0.717, 1.165) is 0 Å². The van der Waals surface area contributed by atoms with Crippen LogP contribution >= 0.6 is 23.2 Å². The third-order valence-electron chi connectivity index (χ3n) is 2.72. The molecule has 0 fully saturated rings. The summed E-state index contributed by atoms with van der Waals surface area (Å²) in [6.45, 7) is 3.35. The Morgan fingerprint density at radius 1 is 1.32 bits per heavy atom. The second-order valence-corrected chi connectivity index (χ2v) is 5.90. The van der Waals surface area contributed by atoms with E-state index in [-0.39, 0.29) is 28.3 Å². The molecular formula is C13H17Cl2N3O4. The zero-order valence-electron chi connectivity index (χ0n) is 12.1. The predicted molar refractivity (Wildman–Crippen MR) is 82.2 cm³/mol. The average molecular weight is 350 g/mol. The van der Waals surface area contributed by atoms with E-state index in [1.807, 2.05) is 13.8 Å². The number of rotatable bonds is 7. The zero-order valence-corrected chi connectivity index (χ0v) is 13.6. The smallest absolute Gasteiger partial charge is 0.326 e. The van der Waals surface area contributed by atoms with Gasteiger partial charge in [0.25, 0.3) is 5.91 Å². The number of H-pyrrole nitrogens is 1. The van der Waals surface area contributed by atoms with Crippen molar-refractivity contribution in [2.24, 2.45) is 5.92 Å². The number of hydrogen-bond donors (Lipinski definition) is 4. The van der Waals surface area contributed by atoms with Gasteiger partial charge in [-0.25, -0.2) is 4.79 Å². The van der Waals surface area contributed by atoms with Gasteiger partial charge >= 0.3 is 5.97 Å². The molecule has 0 bridgehead atoms. The first kappa shape index (κ1) is 18.3. The van der Waals surface area contributed by atoms with Gasteiger partial charge in [0, 0.05) is 0 Å². The molecule has 0 aliphatic rings. The maximum absolute atomic E-state index is 11.8. The third-order valence-corrected chi connectivity index (χ3v) is 3.41. The molecule has 0 radical (unpaired) electrons. The number of carbonyl (C=O) groups is 3. The van der Waals surface area contributed by atoms with Gasteiger partial charge in [-0.1, -0.05) is 37.0 Å². The highest BCUT2D eigenvalue weighted by Gasteiger charge is 2.21. The Morgan fingerprint density at radius 2 is 1.95 bits per heavy atom. The fourth-order valence-corrected chi connectivity index (χ4v) is 2.03. The van der Waals surface area contributed by atoms with Crippen molar-refractivity contribution >= 4 is 41.0 Å². The number of carboxylic acids is 1. The number of amides is 2. The average Bonchev–Trinajstić information content (AvgIpc) is 2.74. The van der Waals surface area contributed by atoms with Crippen LogP contribution in [0.1, 0.15) is 30.8 Å². The third kappa shape index (κ3) is 5.57. The molecule has 1 heterocycles. The summed E-state index contributed by atoms with van der Waals surface area (Å²) in [6.07, 6.45) is 0.302. The summed E-state index contributed by atoms with van der Waals surface area (Å²) in [6, 6.07) is 0.342. The summed E-state index contributed by atoms with van der Waals surface area (Å²) in [4.78, 5) is 37.0. The lowest BCUT2D eigenvalue weighted by molar-refractivity contribution is -0.142. The Kier molecular flexibility index (Phi) is 6.70. The SMILES string of the molecule is CC(C)C[C@H](NC(=O)CNC(=O)c1cc(Cl)c(Cl)[nH]1)C(=O)O. The summed E-state index contributed by atoms with van der Waals surface area (Å²) in [5, 5.41) is 14.0. The molecule has 0 aromatic carbocycles. The molecule has 4 N–H and O–H groups in total. The molecule has 0 aliphatic carbocycles. The van der Waals surface area contributed by atoms with Crippen molar-refractivity contribution < 1.29 is 19.5 Å². The van der Waals surface area contributed by atoms with Gasteiger partial charge in [-0.15, -0.1) is 0 Å². The molecular weight excluding hydrogens is 333 g/mol. The van der Waals surface area contributed by atoms with Gasteiger partial charge in [0.15, 0.2) is 0 Å². The Balaban J connectivity index is 2.51. The Hall–Kier alpha value is -1.73. The van der Waals surface area contributed by atoms with E-state index in [9.17, 15) is 14.4 Å². The van der Waals surface area contributed by atoms with Gasteiger partial charge in [-0.3, -0.25) is 9.59 Å². The summed E-state index contributed by atoms with van der Waals surface area (Å²) in [5.41, 5.74) is 0.111. The van der Waals surface area contributed by atoms with Crippen molar-refractivity contribution in [1.82, 2.24) is 15.6 Å². The largest absolute Gasteiger partial charge is 0.480 e. The molecule has 0 spiro atoms. The van der Waals surface area contributed by atoms with Crippen molar-refractivity contribution in [3.05, 3.63) is 21.9 Å². The van der Waals surface area contributed by atoms with Gasteiger partial charge in [0.1, 0.15) is 16.9 Å². The van der Waals surface area contributed by atoms with Crippen LogP contribution in [-0.2, 0) is 9.59 Å². The number of aliphatic carboxylic acids is 1. The van der Waals surface area contributed by atoms with Crippen LogP contribution in [0, 0.1) is 5.92 Å². The summed E-state index contributed by atoms with van der Waals surface area (Å²) in [5.74, 6) is -2.17. The van der Waals surface area contributed by atoms with Gasteiger partial charge in [-0.2, -0.15) is 0 Å². The van der Waals surface area contributed by atoms with E-state index < -0.39 is 23.8 Å². The molecule has 122 valence electrons. The number of aromatic nitrogens is 1. The highest BCUT2D eigenvalue weighted by Crippen LogP contribution is 2.21. The Labute approximate surface area is 137 Å². The van der Waals surface area contributed by atoms with Crippen LogP contribution < -0.4 is 10.6 Å². The zero-order chi connectivity index (χ0) is 16.9. The lowest BCUT2D eigenvalue weighted by atomic mass is 10.0. The summed E-state index contributed by atoms with van der Waals surface area (Å²) in [7, 11) is 0. The molecule has 1 atom stereocenters. The van der Waals surface area contributed by atoms with Crippen LogP contribution in [0.4, 0.5) is 0 Å². The lowest BCUT2D eigenvalue weighted by Crippen LogP contribution is -2.46. The first-order valence-electron chi connectivity index (χ1n) is 6.55. The van der Waals surface area contributed by atoms with E-state index in [1.165, 1.54) is 6.07 Å². The van der Waals surface area contributed by atoms with Gasteiger partial charge in [0.05, 0.1) is 11.6 Å². The molecule has 1 rings (SSSR count). The quantitative estimate of drug-likeness (QED) is 0.599. The fraction of sp³-hybridized carbons (Fsp3) is 0.462. The fourth-order valence-electron chi connectivity index (χ4n) is 1.72. The minimum Gasteiger partial charge on any atom is -0.480 e. The number of carboxylic acid groups (broad SMARTS) is 1. The van der Waals surface area contributed by atoms with Crippen molar-refractivity contribution in [1.29, 1.82) is 0 Å². The monoisotopic (exact) mass is 349 g/mol. The number of halogens is 2. The van der Waals surface area contributed by atoms with Gasteiger partial charge in [-0.05, 0) is 18.4 Å². The van der Waals surface area contributed by atoms with E-state index in [0.29, 0.717) is 6.42 Å². The molecule has 1 aromatic heterocycles. The molecule has 9 heteroatoms. The van der Waals surface area contributed by atoms with Gasteiger partial charge in [0.2, 0.25) is 5.91 Å². The van der Waals surface area contributed by atoms with Crippen LogP contribution in [0.15, 0.2) is 6.07 Å². The molecule has 7 nitrogen and oxygen atoms in total. The van der Waals surface area contributed by atoms with Crippen LogP contribution in [0.3, 0.4) is 0 Å². The number of hydrogen-bond acceptors (Lipinski definition) is 3. The molecule has 0 aliphatic heterocycles. The van der Waals surface area contributed by atoms with Crippen LogP contribution in [0.2, 0.25) is 10.2 Å². The van der Waals surface area contributed by atoms with Crippen molar-refractivity contribution in [2.45, 2.75) is 26.3 Å². The number of carbonyl (C=O) groups excluding carboxylic acids is 2. The maximum Gasteiger partial charge on any atom is 0.326 e. The highest BCUT2D eigenvalue weighted by molar-refractivity contribution is 6.41. The highest BCUT2D eigenvalue weighted by atomic mass is 35.5. The molecule has 0 unspecified atom stereocenters. The van der Waals surface area contributed by atoms with Crippen molar-refractivity contribution in [2.75, 3.05) is 6.54 Å². The second-order valence-electron chi connectivity index (χ2n) is 5.12. The standard InChI is InChI=1S/C13H17Cl2N3O4/c1-6(2)3-9(13(21)22)17-10(19)5-16-12(20)8-4-7(14)11(15)18-8/h4,6,9,18H,3,5H2,1-2H3,(H,16,20)(H,17,19)(H,21,22)/t9-/m0/s1. The van der Waals surface area contributed by atoms with Crippen LogP contribution in [-0.4, -0.2) is 40.5 Å². The van der Waals surface area contributed by atoms with Crippen LogP contribution in [0.25, 0.3) is 0 Å². The lowest BCUT2D eigenvalue weighted by Gasteiger charge is -2.16. The number of aromatic amines is 1. The minimum atomic E-state index is -1.11. The molecule has 0 saturated heterocycles. The summed E-state index contributed by atoms with van der Waals surface area (Å²) >= 11 is 11.4. The topological polar surface area (TPSA) is 111 Å². The van der Waals surface area contributed by atoms with E-state index in [1.54, 1.807) is 0 Å². The Bertz CT molecular complexity index is 552. The van der Waals surface area contributed by atoms with Crippen molar-refractivity contribution in [3.63, 3.8) is 0 Å². The van der Waals surface area contributed by atoms with E-state index in [4.69, 9.17) is 28.3 Å². The van der Waals surface area contributed by atoms with E-state index in [2.05, 4.69) is 15.6 Å². The predicted octanol–water partition coefficient (Wildman–Crippen LogP) is 1.67. The Morgan fingerprint density at radius 3 is 2.41 bits per heavy atom. The number of nitrogens with one attached hydrogen (secondary N) is 3. The maximum atomic E-state index is 11.8. The normalized spacial score (nSPS) is 12.0. The molecule has 2 amide bonds. The minimum absolute atomic E-state index is 0.110. The molecule has 22 heavy (non-hydrogen) atoms. The van der Waals surface area contributed by atoms with Crippen LogP contribution in [0.5, 0.6) is 0 Å². The van der Waals surface area contributed by atoms with Gasteiger partial charge < -0.3 is 20.7 Å². The second kappa shape index (κ2) is 8.05. The van der Waals surface area contributed by atoms with E-state index >= 15 is 0 Å². The van der Waals surface area contributed by atoms with Crippen molar-refractivity contribution in [3.8, 4) is 0 Å². The molecule has 0 saturated carbocycles. The first-order chi connectivity index (χ1) is 10.2. The first-order valence-corrected chi connectivity index (χ1v) is 7.30. The molecule has 1 aromatic rings. The summed E-state index contributed by atoms with van der Waals surface area (Å²) < 4.78 is 0.